The quantitative estimate of drug-likeness (QED) is 0.642. The van der Waals surface area contributed by atoms with Gasteiger partial charge in [-0.15, -0.1) is 0 Å². The second-order valence-corrected chi connectivity index (χ2v) is 2.76. The lowest BCUT2D eigenvalue weighted by molar-refractivity contribution is 0.325. The van der Waals surface area contributed by atoms with Crippen LogP contribution in [0.25, 0.3) is 0 Å². The minimum absolute atomic E-state index is 0.135. The molecule has 0 saturated carbocycles. The molecule has 1 rings (SSSR count). The second kappa shape index (κ2) is 2.87. The summed E-state index contributed by atoms with van der Waals surface area (Å²) in [4.78, 5) is 3.81. The van der Waals surface area contributed by atoms with Crippen LogP contribution in [0.1, 0.15) is 25.8 Å². The van der Waals surface area contributed by atoms with Gasteiger partial charge in [-0.2, -0.15) is 4.98 Å². The van der Waals surface area contributed by atoms with Crippen LogP contribution in [-0.2, 0) is 0 Å². The topological polar surface area (TPSA) is 91.0 Å². The van der Waals surface area contributed by atoms with Gasteiger partial charge in [0.2, 0.25) is 5.89 Å². The molecular formula is C6H12N4O. The standard InChI is InChI=1S/C6H12N4O/c1-3(2)4(7)5-9-6(8)10-11-5/h3-4H,7H2,1-2H3,(H2,8,10). The Morgan fingerprint density at radius 1 is 1.45 bits per heavy atom. The van der Waals surface area contributed by atoms with E-state index in [0.717, 1.165) is 0 Å². The predicted molar refractivity (Wildman–Crippen MR) is 40.5 cm³/mol. The number of hydrogen-bond acceptors (Lipinski definition) is 5. The molecule has 1 unspecified atom stereocenters. The molecule has 0 saturated heterocycles. The molecule has 0 aliphatic rings. The Morgan fingerprint density at radius 3 is 2.45 bits per heavy atom. The van der Waals surface area contributed by atoms with Gasteiger partial charge >= 0.3 is 0 Å². The Kier molecular flexibility index (Phi) is 2.09. The fourth-order valence-electron chi connectivity index (χ4n) is 0.668. The fraction of sp³-hybridized carbons (Fsp3) is 0.667. The lowest BCUT2D eigenvalue weighted by atomic mass is 10.1. The van der Waals surface area contributed by atoms with Crippen molar-refractivity contribution in [1.29, 1.82) is 0 Å². The maximum Gasteiger partial charge on any atom is 0.260 e. The molecule has 5 nitrogen and oxygen atoms in total. The highest BCUT2D eigenvalue weighted by atomic mass is 16.5. The molecule has 0 spiro atoms. The van der Waals surface area contributed by atoms with Crippen LogP contribution in [0, 0.1) is 5.92 Å². The van der Waals surface area contributed by atoms with Crippen molar-refractivity contribution in [2.24, 2.45) is 11.7 Å². The lowest BCUT2D eigenvalue weighted by Crippen LogP contribution is -2.16. The van der Waals surface area contributed by atoms with Crippen molar-refractivity contribution in [2.75, 3.05) is 5.73 Å². The van der Waals surface area contributed by atoms with E-state index in [1.807, 2.05) is 13.8 Å². The first-order valence-corrected chi connectivity index (χ1v) is 3.46. The van der Waals surface area contributed by atoms with E-state index in [9.17, 15) is 0 Å². The van der Waals surface area contributed by atoms with Gasteiger partial charge in [0.1, 0.15) is 0 Å². The highest BCUT2D eigenvalue weighted by Gasteiger charge is 2.16. The average Bonchev–Trinajstić information content (AvgIpc) is 2.34. The van der Waals surface area contributed by atoms with Gasteiger partial charge in [0.15, 0.2) is 0 Å². The summed E-state index contributed by atoms with van der Waals surface area (Å²) in [7, 11) is 0. The van der Waals surface area contributed by atoms with E-state index in [4.69, 9.17) is 16.0 Å². The summed E-state index contributed by atoms with van der Waals surface area (Å²) in [6, 6.07) is -0.222. The maximum absolute atomic E-state index is 5.70. The molecule has 11 heavy (non-hydrogen) atoms. The van der Waals surface area contributed by atoms with Crippen LogP contribution in [0.3, 0.4) is 0 Å². The van der Waals surface area contributed by atoms with Crippen LogP contribution < -0.4 is 11.5 Å². The minimum Gasteiger partial charge on any atom is -0.365 e. The number of nitrogens with zero attached hydrogens (tertiary/aromatic N) is 2. The van der Waals surface area contributed by atoms with Crippen molar-refractivity contribution in [1.82, 2.24) is 10.1 Å². The molecule has 0 radical (unpaired) electrons. The van der Waals surface area contributed by atoms with E-state index in [0.29, 0.717) is 5.89 Å². The fourth-order valence-corrected chi connectivity index (χ4v) is 0.668. The minimum atomic E-state index is -0.222. The number of nitrogens with two attached hydrogens (primary N) is 2. The summed E-state index contributed by atoms with van der Waals surface area (Å²) in [5.74, 6) is 0.809. The SMILES string of the molecule is CC(C)C(N)c1nc(N)no1. The molecular weight excluding hydrogens is 144 g/mol. The largest absolute Gasteiger partial charge is 0.365 e. The van der Waals surface area contributed by atoms with E-state index in [2.05, 4.69) is 10.1 Å². The first kappa shape index (κ1) is 8.00. The van der Waals surface area contributed by atoms with Crippen LogP contribution in [0.15, 0.2) is 4.52 Å². The van der Waals surface area contributed by atoms with Crippen LogP contribution in [0.2, 0.25) is 0 Å². The molecule has 0 aliphatic carbocycles. The highest BCUT2D eigenvalue weighted by Crippen LogP contribution is 2.16. The number of rotatable bonds is 2. The zero-order valence-corrected chi connectivity index (χ0v) is 6.61. The van der Waals surface area contributed by atoms with Crippen molar-refractivity contribution < 1.29 is 4.52 Å². The normalized spacial score (nSPS) is 13.8. The van der Waals surface area contributed by atoms with Gasteiger partial charge in [-0.1, -0.05) is 13.8 Å². The summed E-state index contributed by atoms with van der Waals surface area (Å²) in [6.07, 6.45) is 0. The molecule has 5 heteroatoms. The number of nitrogen functional groups attached to an aromatic ring is 1. The van der Waals surface area contributed by atoms with Crippen LogP contribution in [-0.4, -0.2) is 10.1 Å². The van der Waals surface area contributed by atoms with Crippen molar-refractivity contribution in [3.8, 4) is 0 Å². The monoisotopic (exact) mass is 156 g/mol. The zero-order chi connectivity index (χ0) is 8.43. The van der Waals surface area contributed by atoms with E-state index in [1.54, 1.807) is 0 Å². The lowest BCUT2D eigenvalue weighted by Gasteiger charge is -2.08. The summed E-state index contributed by atoms with van der Waals surface area (Å²) < 4.78 is 4.78. The first-order valence-electron chi connectivity index (χ1n) is 3.46. The van der Waals surface area contributed by atoms with Crippen LogP contribution in [0.4, 0.5) is 5.95 Å². The predicted octanol–water partition coefficient (Wildman–Crippen LogP) is 0.308. The van der Waals surface area contributed by atoms with Crippen molar-refractivity contribution in [2.45, 2.75) is 19.9 Å². The van der Waals surface area contributed by atoms with Gasteiger partial charge in [0, 0.05) is 0 Å². The number of hydrogen-bond donors (Lipinski definition) is 2. The smallest absolute Gasteiger partial charge is 0.260 e. The van der Waals surface area contributed by atoms with E-state index >= 15 is 0 Å². The summed E-state index contributed by atoms with van der Waals surface area (Å²) in [6.45, 7) is 3.95. The highest BCUT2D eigenvalue weighted by molar-refractivity contribution is 5.11. The Balaban J connectivity index is 2.76. The van der Waals surface area contributed by atoms with E-state index < -0.39 is 0 Å². The molecule has 0 fully saturated rings. The van der Waals surface area contributed by atoms with E-state index in [1.165, 1.54) is 0 Å². The van der Waals surface area contributed by atoms with Crippen molar-refractivity contribution in [3.05, 3.63) is 5.89 Å². The van der Waals surface area contributed by atoms with Gasteiger partial charge in [-0.05, 0) is 11.1 Å². The van der Waals surface area contributed by atoms with Gasteiger partial charge in [0.25, 0.3) is 5.95 Å². The third-order valence-corrected chi connectivity index (χ3v) is 1.46. The third-order valence-electron chi connectivity index (χ3n) is 1.46. The van der Waals surface area contributed by atoms with Crippen LogP contribution >= 0.6 is 0 Å². The Labute approximate surface area is 64.8 Å². The van der Waals surface area contributed by atoms with Gasteiger partial charge in [0.05, 0.1) is 6.04 Å². The molecule has 1 atom stereocenters. The van der Waals surface area contributed by atoms with Crippen molar-refractivity contribution >= 4 is 5.95 Å². The second-order valence-electron chi connectivity index (χ2n) is 2.76. The number of anilines is 1. The number of aromatic nitrogens is 2. The molecule has 1 aromatic heterocycles. The summed E-state index contributed by atoms with van der Waals surface area (Å²) in [5, 5.41) is 3.43. The van der Waals surface area contributed by atoms with Gasteiger partial charge in [-0.3, -0.25) is 0 Å². The Morgan fingerprint density at radius 2 is 2.09 bits per heavy atom. The molecule has 0 bridgehead atoms. The molecule has 1 aromatic rings. The zero-order valence-electron chi connectivity index (χ0n) is 6.61. The molecule has 0 aromatic carbocycles. The Hall–Kier alpha value is -1.10. The first-order chi connectivity index (χ1) is 5.11. The van der Waals surface area contributed by atoms with Crippen LogP contribution in [0.5, 0.6) is 0 Å². The van der Waals surface area contributed by atoms with E-state index in [-0.39, 0.29) is 17.9 Å². The molecule has 1 heterocycles. The molecule has 0 aliphatic heterocycles. The Bertz CT molecular complexity index is 232. The molecule has 62 valence electrons. The average molecular weight is 156 g/mol. The van der Waals surface area contributed by atoms with Gasteiger partial charge in [-0.25, -0.2) is 0 Å². The molecule has 4 N–H and O–H groups in total. The van der Waals surface area contributed by atoms with Crippen molar-refractivity contribution in [3.63, 3.8) is 0 Å². The third kappa shape index (κ3) is 1.68. The summed E-state index contributed by atoms with van der Waals surface area (Å²) in [5.41, 5.74) is 10.9. The van der Waals surface area contributed by atoms with Gasteiger partial charge < -0.3 is 16.0 Å². The molecule has 0 amide bonds. The summed E-state index contributed by atoms with van der Waals surface area (Å²) >= 11 is 0. The maximum atomic E-state index is 5.70.